The summed E-state index contributed by atoms with van der Waals surface area (Å²) in [5.41, 5.74) is 1.59. The van der Waals surface area contributed by atoms with Crippen LogP contribution in [0.4, 0.5) is 0 Å². The van der Waals surface area contributed by atoms with Gasteiger partial charge in [-0.05, 0) is 43.2 Å². The van der Waals surface area contributed by atoms with E-state index in [1.54, 1.807) is 4.90 Å². The van der Waals surface area contributed by atoms with Crippen LogP contribution in [-0.4, -0.2) is 34.5 Å². The van der Waals surface area contributed by atoms with Crippen LogP contribution in [0.1, 0.15) is 56.0 Å². The fourth-order valence-electron chi connectivity index (χ4n) is 3.44. The number of rotatable bonds is 3. The number of carboxylic acids is 1. The van der Waals surface area contributed by atoms with Gasteiger partial charge in [-0.25, -0.2) is 0 Å². The molecular formula is C19H27NO3. The van der Waals surface area contributed by atoms with Crippen LogP contribution in [0.5, 0.6) is 0 Å². The quantitative estimate of drug-likeness (QED) is 0.924. The molecule has 0 bridgehead atoms. The van der Waals surface area contributed by atoms with Gasteiger partial charge in [0.05, 0.1) is 5.92 Å². The molecule has 4 heteroatoms. The van der Waals surface area contributed by atoms with Crippen molar-refractivity contribution in [3.05, 3.63) is 35.4 Å². The van der Waals surface area contributed by atoms with Crippen LogP contribution >= 0.6 is 0 Å². The van der Waals surface area contributed by atoms with Gasteiger partial charge < -0.3 is 10.0 Å². The molecular weight excluding hydrogens is 290 g/mol. The minimum atomic E-state index is -0.790. The molecule has 2 unspecified atom stereocenters. The number of amides is 1. The molecule has 1 aliphatic heterocycles. The number of piperidine rings is 1. The molecule has 1 aromatic rings. The lowest BCUT2D eigenvalue weighted by Gasteiger charge is -2.42. The van der Waals surface area contributed by atoms with Crippen molar-refractivity contribution in [2.45, 2.75) is 53.0 Å². The Labute approximate surface area is 138 Å². The first kappa shape index (κ1) is 17.5. The molecule has 1 aromatic carbocycles. The van der Waals surface area contributed by atoms with Crippen LogP contribution in [0.15, 0.2) is 24.3 Å². The Balaban J connectivity index is 2.34. The van der Waals surface area contributed by atoms with E-state index in [9.17, 15) is 14.7 Å². The largest absolute Gasteiger partial charge is 0.481 e. The third-order valence-electron chi connectivity index (χ3n) is 4.55. The minimum absolute atomic E-state index is 0.0278. The number of carbonyl (C=O) groups excluding carboxylic acids is 1. The van der Waals surface area contributed by atoms with Crippen molar-refractivity contribution < 1.29 is 14.7 Å². The maximum absolute atomic E-state index is 13.0. The summed E-state index contributed by atoms with van der Waals surface area (Å²) in [6.45, 7) is 8.84. The molecule has 0 aromatic heterocycles. The Kier molecular flexibility index (Phi) is 5.12. The number of aliphatic carboxylic acids is 1. The molecule has 1 aliphatic rings. The van der Waals surface area contributed by atoms with Gasteiger partial charge in [-0.2, -0.15) is 0 Å². The second-order valence-corrected chi connectivity index (χ2v) is 7.73. The Hall–Kier alpha value is -1.84. The van der Waals surface area contributed by atoms with Crippen molar-refractivity contribution in [2.75, 3.05) is 6.54 Å². The molecule has 1 saturated heterocycles. The lowest BCUT2D eigenvalue weighted by molar-refractivity contribution is -0.145. The van der Waals surface area contributed by atoms with Gasteiger partial charge in [0.15, 0.2) is 0 Å². The lowest BCUT2D eigenvalue weighted by Crippen LogP contribution is -2.52. The number of carboxylic acid groups (broad SMARTS) is 1. The highest BCUT2D eigenvalue weighted by Gasteiger charge is 2.40. The second-order valence-electron chi connectivity index (χ2n) is 7.73. The number of benzene rings is 1. The van der Waals surface area contributed by atoms with Crippen molar-refractivity contribution in [3.63, 3.8) is 0 Å². The van der Waals surface area contributed by atoms with Crippen molar-refractivity contribution >= 4 is 11.9 Å². The summed E-state index contributed by atoms with van der Waals surface area (Å²) < 4.78 is 0. The zero-order chi connectivity index (χ0) is 17.2. The van der Waals surface area contributed by atoms with Crippen LogP contribution < -0.4 is 0 Å². The van der Waals surface area contributed by atoms with E-state index in [2.05, 4.69) is 20.8 Å². The molecule has 0 aliphatic carbocycles. The van der Waals surface area contributed by atoms with Crippen molar-refractivity contribution in [2.24, 2.45) is 11.3 Å². The predicted molar refractivity (Wildman–Crippen MR) is 90.4 cm³/mol. The number of nitrogens with zero attached hydrogens (tertiary/aromatic N) is 1. The fraction of sp³-hybridized carbons (Fsp3) is 0.579. The number of aryl methyl sites for hydroxylation is 1. The summed E-state index contributed by atoms with van der Waals surface area (Å²) in [5, 5.41) is 9.59. The molecule has 2 atom stereocenters. The molecule has 0 spiro atoms. The average Bonchev–Trinajstić information content (AvgIpc) is 2.45. The molecule has 23 heavy (non-hydrogen) atoms. The van der Waals surface area contributed by atoms with Crippen molar-refractivity contribution in [1.29, 1.82) is 0 Å². The van der Waals surface area contributed by atoms with Crippen LogP contribution in [0, 0.1) is 18.3 Å². The summed E-state index contributed by atoms with van der Waals surface area (Å²) in [5.74, 6) is -1.30. The van der Waals surface area contributed by atoms with Gasteiger partial charge in [-0.15, -0.1) is 0 Å². The van der Waals surface area contributed by atoms with Crippen LogP contribution in [0.2, 0.25) is 0 Å². The predicted octanol–water partition coefficient (Wildman–Crippen LogP) is 3.74. The van der Waals surface area contributed by atoms with Crippen LogP contribution in [0.25, 0.3) is 0 Å². The molecule has 0 saturated carbocycles. The summed E-state index contributed by atoms with van der Waals surface area (Å²) in [7, 11) is 0. The maximum atomic E-state index is 13.0. The van der Waals surface area contributed by atoms with Gasteiger partial charge in [-0.1, -0.05) is 39.0 Å². The summed E-state index contributed by atoms with van der Waals surface area (Å²) in [6, 6.07) is 7.28. The van der Waals surface area contributed by atoms with E-state index >= 15 is 0 Å². The maximum Gasteiger partial charge on any atom is 0.308 e. The number of hydrogen-bond donors (Lipinski definition) is 1. The molecule has 0 radical (unpaired) electrons. The highest BCUT2D eigenvalue weighted by Crippen LogP contribution is 2.34. The summed E-state index contributed by atoms with van der Waals surface area (Å²) in [4.78, 5) is 26.5. The van der Waals surface area contributed by atoms with Gasteiger partial charge >= 0.3 is 5.97 Å². The zero-order valence-corrected chi connectivity index (χ0v) is 14.5. The van der Waals surface area contributed by atoms with Gasteiger partial charge in [0, 0.05) is 18.2 Å². The molecule has 1 heterocycles. The Morgan fingerprint density at radius 2 is 1.91 bits per heavy atom. The van der Waals surface area contributed by atoms with Crippen molar-refractivity contribution in [3.8, 4) is 0 Å². The Morgan fingerprint density at radius 3 is 2.48 bits per heavy atom. The van der Waals surface area contributed by atoms with Crippen LogP contribution in [-0.2, 0) is 4.79 Å². The first-order valence-corrected chi connectivity index (χ1v) is 8.30. The van der Waals surface area contributed by atoms with Gasteiger partial charge in [0.2, 0.25) is 0 Å². The monoisotopic (exact) mass is 317 g/mol. The third kappa shape index (κ3) is 4.12. The molecule has 2 rings (SSSR count). The normalized spacial score (nSPS) is 22.0. The average molecular weight is 317 g/mol. The SMILES string of the molecule is Cc1ccccc1C(=O)N1CCCC(C(=O)O)C1CC(C)(C)C. The van der Waals surface area contributed by atoms with E-state index in [-0.39, 0.29) is 17.4 Å². The van der Waals surface area contributed by atoms with E-state index in [1.165, 1.54) is 0 Å². The standard InChI is InChI=1S/C19H27NO3/c1-13-8-5-6-9-14(13)17(21)20-11-7-10-15(18(22)23)16(20)12-19(2,3)4/h5-6,8-9,15-16H,7,10-12H2,1-4H3,(H,22,23). The topological polar surface area (TPSA) is 57.6 Å². The van der Waals surface area contributed by atoms with E-state index in [0.29, 0.717) is 24.9 Å². The van der Waals surface area contributed by atoms with Gasteiger partial charge in [-0.3, -0.25) is 9.59 Å². The fourth-order valence-corrected chi connectivity index (χ4v) is 3.44. The van der Waals surface area contributed by atoms with Crippen molar-refractivity contribution in [1.82, 2.24) is 4.90 Å². The first-order valence-electron chi connectivity index (χ1n) is 8.30. The van der Waals surface area contributed by atoms with E-state index in [4.69, 9.17) is 0 Å². The highest BCUT2D eigenvalue weighted by atomic mass is 16.4. The lowest BCUT2D eigenvalue weighted by atomic mass is 9.78. The van der Waals surface area contributed by atoms with Gasteiger partial charge in [0.1, 0.15) is 0 Å². The second kappa shape index (κ2) is 6.73. The van der Waals surface area contributed by atoms with E-state index in [0.717, 1.165) is 12.0 Å². The first-order chi connectivity index (χ1) is 10.7. The number of hydrogen-bond acceptors (Lipinski definition) is 2. The van der Waals surface area contributed by atoms with E-state index < -0.39 is 11.9 Å². The molecule has 126 valence electrons. The molecule has 1 fully saturated rings. The van der Waals surface area contributed by atoms with Gasteiger partial charge in [0.25, 0.3) is 5.91 Å². The Bertz CT molecular complexity index is 589. The minimum Gasteiger partial charge on any atom is -0.481 e. The molecule has 1 N–H and O–H groups in total. The smallest absolute Gasteiger partial charge is 0.308 e. The Morgan fingerprint density at radius 1 is 1.26 bits per heavy atom. The molecule has 4 nitrogen and oxygen atoms in total. The summed E-state index contributed by atoms with van der Waals surface area (Å²) in [6.07, 6.45) is 2.09. The highest BCUT2D eigenvalue weighted by molar-refractivity contribution is 5.96. The zero-order valence-electron chi connectivity index (χ0n) is 14.5. The molecule has 1 amide bonds. The number of likely N-dealkylation sites (tertiary alicyclic amines) is 1. The summed E-state index contributed by atoms with van der Waals surface area (Å²) >= 11 is 0. The number of carbonyl (C=O) groups is 2. The van der Waals surface area contributed by atoms with Crippen LogP contribution in [0.3, 0.4) is 0 Å². The van der Waals surface area contributed by atoms with E-state index in [1.807, 2.05) is 31.2 Å². The third-order valence-corrected chi connectivity index (χ3v) is 4.55.